The number of para-hydroxylation sites is 7. The molecule has 0 radical (unpaired) electrons. The highest BCUT2D eigenvalue weighted by atomic mass is 32.1. The zero-order valence-electron chi connectivity index (χ0n) is 64.8. The van der Waals surface area contributed by atoms with Gasteiger partial charge in [-0.25, -0.2) is 0 Å². The standard InChI is InChI=1S/C39H27NO.C36H21NO2.C36H21NOS/c1-39(2)33-12-6-3-9-27(33)30-21-25(17-20-34(30)39)24-15-18-26(19-16-24)40-35-13-7-4-10-28(35)31-23-38-32(22-36(31)40)29-11-5-8-14-37(29)41-38;1-4-10-31-25(7-1)28-21-36-30(27-9-3-6-12-34(27)39-36)20-32(28)37(31)24-16-13-22(14-17-24)23-15-18-35-29(19-23)26-8-2-5-11-33(26)38-35;1-4-13-31-25(8-1)29-21-34-30(26-9-2-5-14-33(26)38-34)20-32(29)37(31)23-18-16-22(17-19-23)24-11-7-12-28-27-10-3-6-15-35(27)39-36(24)28/h3-23H,1-2H3;2*1-21H. The molecule has 8 heterocycles. The Morgan fingerprint density at radius 2 is 0.538 bits per heavy atom. The molecule has 7 nitrogen and oxygen atoms in total. The number of fused-ring (bicyclic) bond motifs is 27. The summed E-state index contributed by atoms with van der Waals surface area (Å²) in [4.78, 5) is 0. The molecule has 0 unspecified atom stereocenters. The third kappa shape index (κ3) is 10.3. The monoisotopic (exact) mass is 1540 g/mol. The van der Waals surface area contributed by atoms with Gasteiger partial charge < -0.3 is 31.4 Å². The average Bonchev–Trinajstić information content (AvgIpc) is 1.60. The quantitative estimate of drug-likeness (QED) is 0.166. The fourth-order valence-corrected chi connectivity index (χ4v) is 20.8. The summed E-state index contributed by atoms with van der Waals surface area (Å²) >= 11 is 1.88. The van der Waals surface area contributed by atoms with Gasteiger partial charge in [-0.3, -0.25) is 0 Å². The van der Waals surface area contributed by atoms with E-state index in [0.29, 0.717) is 0 Å². The predicted molar refractivity (Wildman–Crippen MR) is 498 cm³/mol. The van der Waals surface area contributed by atoms with Gasteiger partial charge in [-0.15, -0.1) is 11.3 Å². The highest BCUT2D eigenvalue weighted by Gasteiger charge is 2.35. The van der Waals surface area contributed by atoms with Crippen LogP contribution in [0.1, 0.15) is 25.0 Å². The topological polar surface area (TPSA) is 67.3 Å². The molecule has 1 aliphatic rings. The Hall–Kier alpha value is -15.2. The van der Waals surface area contributed by atoms with Crippen LogP contribution < -0.4 is 0 Å². The van der Waals surface area contributed by atoms with Crippen LogP contribution in [0.15, 0.2) is 400 Å². The van der Waals surface area contributed by atoms with Gasteiger partial charge in [-0.05, 0) is 195 Å². The highest BCUT2D eigenvalue weighted by Crippen LogP contribution is 2.51. The lowest BCUT2D eigenvalue weighted by atomic mass is 9.82. The highest BCUT2D eigenvalue weighted by molar-refractivity contribution is 7.26. The van der Waals surface area contributed by atoms with E-state index in [1.54, 1.807) is 0 Å². The van der Waals surface area contributed by atoms with Crippen LogP contribution in [0.5, 0.6) is 0 Å². The second-order valence-corrected chi connectivity index (χ2v) is 33.2. The molecule has 0 fully saturated rings. The third-order valence-corrected chi connectivity index (χ3v) is 26.5. The molecular weight excluding hydrogens is 1470 g/mol. The smallest absolute Gasteiger partial charge is 0.136 e. The zero-order valence-corrected chi connectivity index (χ0v) is 65.6. The summed E-state index contributed by atoms with van der Waals surface area (Å²) in [6, 6.07) is 137. The van der Waals surface area contributed by atoms with Gasteiger partial charge in [0.2, 0.25) is 0 Å². The summed E-state index contributed by atoms with van der Waals surface area (Å²) in [7, 11) is 0. The van der Waals surface area contributed by atoms with Crippen molar-refractivity contribution in [1.29, 1.82) is 0 Å². The first-order valence-electron chi connectivity index (χ1n) is 40.6. The van der Waals surface area contributed by atoms with Crippen molar-refractivity contribution in [2.75, 3.05) is 0 Å². The second kappa shape index (κ2) is 25.9. The number of hydrogen-bond donors (Lipinski definition) is 0. The van der Waals surface area contributed by atoms with Crippen molar-refractivity contribution in [1.82, 2.24) is 13.7 Å². The van der Waals surface area contributed by atoms with Crippen molar-refractivity contribution in [2.45, 2.75) is 19.3 Å². The minimum Gasteiger partial charge on any atom is -0.456 e. The summed E-state index contributed by atoms with van der Waals surface area (Å²) in [6.45, 7) is 4.66. The first-order valence-corrected chi connectivity index (χ1v) is 41.5. The molecule has 27 rings (SSSR count). The normalized spacial score (nSPS) is 12.7. The van der Waals surface area contributed by atoms with E-state index in [1.807, 2.05) is 59.9 Å². The Bertz CT molecular complexity index is 8700. The minimum atomic E-state index is 0.0244. The van der Waals surface area contributed by atoms with Crippen LogP contribution in [0.4, 0.5) is 0 Å². The van der Waals surface area contributed by atoms with E-state index in [9.17, 15) is 0 Å². The van der Waals surface area contributed by atoms with Crippen LogP contribution >= 0.6 is 11.3 Å². The van der Waals surface area contributed by atoms with Crippen LogP contribution in [-0.2, 0) is 5.41 Å². The van der Waals surface area contributed by atoms with Gasteiger partial charge in [0.05, 0.1) is 33.1 Å². The first-order chi connectivity index (χ1) is 58.7. The SMILES string of the molecule is CC1(C)c2ccccc2-c2cc(-c3ccc(-n4c5ccccc5c5cc6oc7ccccc7c6cc54)cc3)ccc21.c1ccc2c(c1)oc1cc3c4ccccc4n(-c4ccc(-c5cccc6c5sc5ccccc56)cc4)c3cc12.c1ccc2c(c1)oc1ccc(-c3ccc(-n4c5ccccc5c5cc6oc7ccccc7c6cc54)cc3)cc12. The Morgan fingerprint density at radius 3 is 1.02 bits per heavy atom. The number of rotatable bonds is 6. The van der Waals surface area contributed by atoms with Crippen molar-refractivity contribution >= 4 is 185 Å². The average molecular weight is 1540 g/mol. The maximum atomic E-state index is 6.25. The molecule has 0 spiro atoms. The molecule has 0 amide bonds. The van der Waals surface area contributed by atoms with E-state index in [2.05, 4.69) is 361 Å². The number of benzene rings is 18. The van der Waals surface area contributed by atoms with Gasteiger partial charge in [0.1, 0.15) is 44.7 Å². The molecule has 18 aromatic carbocycles. The minimum absolute atomic E-state index is 0.0244. The van der Waals surface area contributed by atoms with Crippen LogP contribution in [-0.4, -0.2) is 13.7 Å². The molecule has 0 atom stereocenters. The van der Waals surface area contributed by atoms with E-state index < -0.39 is 0 Å². The summed E-state index contributed by atoms with van der Waals surface area (Å²) < 4.78 is 34.6. The van der Waals surface area contributed by atoms with Gasteiger partial charge in [-0.1, -0.05) is 257 Å². The maximum absolute atomic E-state index is 6.25. The van der Waals surface area contributed by atoms with Crippen molar-refractivity contribution in [3.05, 3.63) is 393 Å². The molecule has 1 aliphatic carbocycles. The molecule has 8 heteroatoms. The van der Waals surface area contributed by atoms with Gasteiger partial charge in [0.15, 0.2) is 0 Å². The van der Waals surface area contributed by atoms with Crippen molar-refractivity contribution in [3.8, 4) is 61.6 Å². The van der Waals surface area contributed by atoms with Gasteiger partial charge in [-0.2, -0.15) is 0 Å². The van der Waals surface area contributed by atoms with Crippen LogP contribution in [0.3, 0.4) is 0 Å². The summed E-state index contributed by atoms with van der Waals surface area (Å²) in [6.07, 6.45) is 0. The van der Waals surface area contributed by atoms with E-state index in [1.165, 1.54) is 141 Å². The third-order valence-electron chi connectivity index (χ3n) is 25.2. The lowest BCUT2D eigenvalue weighted by molar-refractivity contribution is 0.660. The molecule has 119 heavy (non-hydrogen) atoms. The van der Waals surface area contributed by atoms with Crippen molar-refractivity contribution in [3.63, 3.8) is 0 Å². The van der Waals surface area contributed by atoms with Crippen LogP contribution in [0.2, 0.25) is 0 Å². The largest absolute Gasteiger partial charge is 0.456 e. The Morgan fingerprint density at radius 1 is 0.202 bits per heavy atom. The number of aromatic nitrogens is 3. The van der Waals surface area contributed by atoms with E-state index in [0.717, 1.165) is 105 Å². The number of nitrogens with zero attached hydrogens (tertiary/aromatic N) is 3. The molecule has 0 aliphatic heterocycles. The maximum Gasteiger partial charge on any atom is 0.136 e. The molecule has 0 bridgehead atoms. The first kappa shape index (κ1) is 67.1. The Kier molecular flexibility index (Phi) is 14.6. The van der Waals surface area contributed by atoms with E-state index >= 15 is 0 Å². The molecule has 558 valence electrons. The molecular formula is C111H69N3O4S. The van der Waals surface area contributed by atoms with Crippen molar-refractivity contribution < 1.29 is 17.7 Å². The summed E-state index contributed by atoms with van der Waals surface area (Å²) in [5.41, 5.74) is 30.9. The Labute approximate surface area is 685 Å². The fourth-order valence-electron chi connectivity index (χ4n) is 19.6. The fraction of sp³-hybridized carbons (Fsp3) is 0.0270. The molecule has 26 aromatic rings. The van der Waals surface area contributed by atoms with E-state index in [-0.39, 0.29) is 5.41 Å². The summed E-state index contributed by atoms with van der Waals surface area (Å²) in [5.74, 6) is 0. The predicted octanol–water partition coefficient (Wildman–Crippen LogP) is 31.6. The van der Waals surface area contributed by atoms with Crippen LogP contribution in [0, 0.1) is 0 Å². The lowest BCUT2D eigenvalue weighted by Crippen LogP contribution is -2.14. The number of thiophene rings is 1. The second-order valence-electron chi connectivity index (χ2n) is 32.1. The summed E-state index contributed by atoms with van der Waals surface area (Å²) in [5, 5.41) is 19.1. The Balaban J connectivity index is 0.0000000992. The lowest BCUT2D eigenvalue weighted by Gasteiger charge is -2.21. The molecule has 0 saturated heterocycles. The van der Waals surface area contributed by atoms with Gasteiger partial charge in [0, 0.05) is 118 Å². The van der Waals surface area contributed by atoms with Crippen LogP contribution in [0.25, 0.3) is 235 Å². The van der Waals surface area contributed by atoms with Gasteiger partial charge >= 0.3 is 0 Å². The van der Waals surface area contributed by atoms with Crippen molar-refractivity contribution in [2.24, 2.45) is 0 Å². The molecule has 0 N–H and O–H groups in total. The molecule has 0 saturated carbocycles. The zero-order chi connectivity index (χ0) is 78.3. The molecule has 8 aromatic heterocycles. The number of hydrogen-bond acceptors (Lipinski definition) is 5. The van der Waals surface area contributed by atoms with E-state index in [4.69, 9.17) is 17.7 Å². The number of furan rings is 4. The van der Waals surface area contributed by atoms with Gasteiger partial charge in [0.25, 0.3) is 0 Å².